The Kier molecular flexibility index (Phi) is 4.28. The number of nitrogen functional groups attached to an aromatic ring is 1. The molecule has 0 atom stereocenters. The summed E-state index contributed by atoms with van der Waals surface area (Å²) in [6.45, 7) is 3.08. The number of anilines is 2. The SMILES string of the molecule is CCOc1c(N)nsc1NCc1ccccc1Cl. The van der Waals surface area contributed by atoms with Crippen molar-refractivity contribution in [3.63, 3.8) is 0 Å². The third kappa shape index (κ3) is 2.86. The minimum absolute atomic E-state index is 0.420. The van der Waals surface area contributed by atoms with Crippen molar-refractivity contribution in [2.24, 2.45) is 0 Å². The molecule has 0 unspecified atom stereocenters. The van der Waals surface area contributed by atoms with Crippen LogP contribution < -0.4 is 15.8 Å². The normalized spacial score (nSPS) is 10.3. The van der Waals surface area contributed by atoms with Gasteiger partial charge in [-0.1, -0.05) is 29.8 Å². The van der Waals surface area contributed by atoms with Crippen LogP contribution in [0.3, 0.4) is 0 Å². The molecule has 0 bridgehead atoms. The molecular weight excluding hydrogens is 270 g/mol. The Morgan fingerprint density at radius 2 is 2.22 bits per heavy atom. The van der Waals surface area contributed by atoms with Crippen LogP contribution in [0.2, 0.25) is 5.02 Å². The summed E-state index contributed by atoms with van der Waals surface area (Å²) in [5.41, 5.74) is 6.76. The van der Waals surface area contributed by atoms with Crippen molar-refractivity contribution in [2.75, 3.05) is 17.7 Å². The number of hydrogen-bond acceptors (Lipinski definition) is 5. The topological polar surface area (TPSA) is 60.2 Å². The van der Waals surface area contributed by atoms with E-state index in [4.69, 9.17) is 22.1 Å². The first-order chi connectivity index (χ1) is 8.72. The number of halogens is 1. The van der Waals surface area contributed by atoms with E-state index in [9.17, 15) is 0 Å². The summed E-state index contributed by atoms with van der Waals surface area (Å²) >= 11 is 7.38. The molecule has 0 aliphatic rings. The van der Waals surface area contributed by atoms with Crippen LogP contribution in [0.15, 0.2) is 24.3 Å². The molecule has 2 aromatic rings. The smallest absolute Gasteiger partial charge is 0.197 e. The molecule has 18 heavy (non-hydrogen) atoms. The van der Waals surface area contributed by atoms with Gasteiger partial charge in [0.25, 0.3) is 0 Å². The maximum absolute atomic E-state index is 6.09. The van der Waals surface area contributed by atoms with Crippen LogP contribution in [-0.4, -0.2) is 11.0 Å². The van der Waals surface area contributed by atoms with Crippen molar-refractivity contribution >= 4 is 34.0 Å². The Morgan fingerprint density at radius 3 is 2.94 bits per heavy atom. The lowest BCUT2D eigenvalue weighted by atomic mass is 10.2. The second-order valence-electron chi connectivity index (χ2n) is 3.60. The minimum atomic E-state index is 0.420. The zero-order valence-electron chi connectivity index (χ0n) is 9.94. The zero-order valence-corrected chi connectivity index (χ0v) is 11.5. The molecule has 1 aromatic heterocycles. The molecule has 0 saturated heterocycles. The molecule has 1 aromatic carbocycles. The van der Waals surface area contributed by atoms with Crippen molar-refractivity contribution in [1.82, 2.24) is 4.37 Å². The second kappa shape index (κ2) is 5.93. The summed E-state index contributed by atoms with van der Waals surface area (Å²) in [5, 5.41) is 4.81. The average molecular weight is 284 g/mol. The first-order valence-electron chi connectivity index (χ1n) is 5.57. The van der Waals surface area contributed by atoms with E-state index in [1.807, 2.05) is 31.2 Å². The fourth-order valence-corrected chi connectivity index (χ4v) is 2.37. The van der Waals surface area contributed by atoms with Crippen molar-refractivity contribution < 1.29 is 4.74 Å². The van der Waals surface area contributed by atoms with Crippen molar-refractivity contribution in [1.29, 1.82) is 0 Å². The van der Waals surface area contributed by atoms with Crippen LogP contribution in [0.5, 0.6) is 5.75 Å². The first kappa shape index (κ1) is 13.0. The molecule has 1 heterocycles. The highest BCUT2D eigenvalue weighted by molar-refractivity contribution is 7.11. The summed E-state index contributed by atoms with van der Waals surface area (Å²) in [6, 6.07) is 7.69. The van der Waals surface area contributed by atoms with Gasteiger partial charge in [0.15, 0.2) is 16.6 Å². The zero-order chi connectivity index (χ0) is 13.0. The molecule has 0 radical (unpaired) electrons. The third-order valence-electron chi connectivity index (χ3n) is 2.36. The van der Waals surface area contributed by atoms with Gasteiger partial charge in [-0.2, -0.15) is 4.37 Å². The molecule has 6 heteroatoms. The molecule has 0 fully saturated rings. The van der Waals surface area contributed by atoms with E-state index < -0.39 is 0 Å². The fraction of sp³-hybridized carbons (Fsp3) is 0.250. The Balaban J connectivity index is 2.09. The number of aromatic nitrogens is 1. The van der Waals surface area contributed by atoms with Gasteiger partial charge in [0, 0.05) is 11.6 Å². The summed E-state index contributed by atoms with van der Waals surface area (Å²) in [5.74, 6) is 1.04. The number of ether oxygens (including phenoxy) is 1. The fourth-order valence-electron chi connectivity index (χ4n) is 1.51. The average Bonchev–Trinajstić information content (AvgIpc) is 2.71. The molecule has 0 aliphatic heterocycles. The molecule has 4 nitrogen and oxygen atoms in total. The lowest BCUT2D eigenvalue weighted by molar-refractivity contribution is 0.344. The van der Waals surface area contributed by atoms with E-state index >= 15 is 0 Å². The van der Waals surface area contributed by atoms with E-state index in [1.54, 1.807) is 0 Å². The number of benzene rings is 1. The van der Waals surface area contributed by atoms with Gasteiger partial charge in [0.1, 0.15) is 0 Å². The highest BCUT2D eigenvalue weighted by atomic mass is 35.5. The van der Waals surface area contributed by atoms with E-state index in [0.29, 0.717) is 24.7 Å². The van der Waals surface area contributed by atoms with Crippen LogP contribution in [0.4, 0.5) is 10.8 Å². The first-order valence-corrected chi connectivity index (χ1v) is 6.72. The number of nitrogens with zero attached hydrogens (tertiary/aromatic N) is 1. The Bertz CT molecular complexity index is 530. The minimum Gasteiger partial charge on any atom is -0.487 e. The van der Waals surface area contributed by atoms with Crippen LogP contribution in [0, 0.1) is 0 Å². The van der Waals surface area contributed by atoms with Gasteiger partial charge in [-0.15, -0.1) is 0 Å². The van der Waals surface area contributed by atoms with Gasteiger partial charge in [0.2, 0.25) is 0 Å². The highest BCUT2D eigenvalue weighted by Gasteiger charge is 2.12. The highest BCUT2D eigenvalue weighted by Crippen LogP contribution is 2.35. The molecule has 96 valence electrons. The predicted octanol–water partition coefficient (Wildman–Crippen LogP) is 3.39. The number of hydrogen-bond donors (Lipinski definition) is 2. The van der Waals surface area contributed by atoms with Gasteiger partial charge < -0.3 is 15.8 Å². The summed E-state index contributed by atoms with van der Waals surface area (Å²) in [4.78, 5) is 0. The van der Waals surface area contributed by atoms with Crippen LogP contribution >= 0.6 is 23.1 Å². The maximum atomic E-state index is 6.09. The largest absolute Gasteiger partial charge is 0.487 e. The van der Waals surface area contributed by atoms with Crippen molar-refractivity contribution in [2.45, 2.75) is 13.5 Å². The van der Waals surface area contributed by atoms with E-state index in [0.717, 1.165) is 15.6 Å². The van der Waals surface area contributed by atoms with E-state index in [-0.39, 0.29) is 0 Å². The van der Waals surface area contributed by atoms with Gasteiger partial charge >= 0.3 is 0 Å². The lowest BCUT2D eigenvalue weighted by Gasteiger charge is -2.08. The monoisotopic (exact) mass is 283 g/mol. The van der Waals surface area contributed by atoms with Crippen molar-refractivity contribution in [3.05, 3.63) is 34.9 Å². The summed E-state index contributed by atoms with van der Waals surface area (Å²) in [6.07, 6.45) is 0. The molecule has 0 aliphatic carbocycles. The maximum Gasteiger partial charge on any atom is 0.197 e. The van der Waals surface area contributed by atoms with Gasteiger partial charge in [-0.25, -0.2) is 0 Å². The summed E-state index contributed by atoms with van der Waals surface area (Å²) in [7, 11) is 0. The van der Waals surface area contributed by atoms with Gasteiger partial charge in [0.05, 0.1) is 6.61 Å². The van der Waals surface area contributed by atoms with Crippen LogP contribution in [0.1, 0.15) is 12.5 Å². The Morgan fingerprint density at radius 1 is 1.44 bits per heavy atom. The second-order valence-corrected chi connectivity index (χ2v) is 4.78. The standard InChI is InChI=1S/C12H14ClN3OS/c1-2-17-10-11(14)16-18-12(10)15-7-8-5-3-4-6-9(8)13/h3-6,15H,2,7H2,1H3,(H2,14,16). The number of rotatable bonds is 5. The Hall–Kier alpha value is -1.46. The van der Waals surface area contributed by atoms with Gasteiger partial charge in [-0.05, 0) is 30.1 Å². The van der Waals surface area contributed by atoms with Crippen molar-refractivity contribution in [3.8, 4) is 5.75 Å². The predicted molar refractivity (Wildman–Crippen MR) is 76.5 cm³/mol. The molecule has 0 spiro atoms. The quantitative estimate of drug-likeness (QED) is 0.883. The van der Waals surface area contributed by atoms with E-state index in [1.165, 1.54) is 11.5 Å². The molecule has 0 saturated carbocycles. The Labute approximate surface area is 115 Å². The summed E-state index contributed by atoms with van der Waals surface area (Å²) < 4.78 is 9.52. The van der Waals surface area contributed by atoms with E-state index in [2.05, 4.69) is 9.69 Å². The molecule has 0 amide bonds. The third-order valence-corrected chi connectivity index (χ3v) is 3.53. The van der Waals surface area contributed by atoms with Crippen LogP contribution in [0.25, 0.3) is 0 Å². The number of nitrogens with two attached hydrogens (primary N) is 1. The van der Waals surface area contributed by atoms with Crippen LogP contribution in [-0.2, 0) is 6.54 Å². The lowest BCUT2D eigenvalue weighted by Crippen LogP contribution is -2.02. The molecule has 2 rings (SSSR count). The molecule has 3 N–H and O–H groups in total. The van der Waals surface area contributed by atoms with Gasteiger partial charge in [-0.3, -0.25) is 0 Å². The molecular formula is C12H14ClN3OS. The number of nitrogens with one attached hydrogen (secondary N) is 1.